The van der Waals surface area contributed by atoms with Crippen molar-refractivity contribution in [3.05, 3.63) is 34.3 Å². The van der Waals surface area contributed by atoms with Gasteiger partial charge in [-0.1, -0.05) is 0 Å². The second-order valence-electron chi connectivity index (χ2n) is 3.20. The van der Waals surface area contributed by atoms with Gasteiger partial charge in [0.05, 0.1) is 0 Å². The number of rotatable bonds is 4. The Hall–Kier alpha value is -1.53. The molecule has 0 radical (unpaired) electrons. The van der Waals surface area contributed by atoms with Gasteiger partial charge in [0.25, 0.3) is 0 Å². The van der Waals surface area contributed by atoms with Gasteiger partial charge in [0.15, 0.2) is 5.82 Å². The van der Waals surface area contributed by atoms with Crippen LogP contribution in [0.5, 0.6) is 0 Å². The van der Waals surface area contributed by atoms with Crippen LogP contribution in [-0.2, 0) is 13.1 Å². The molecule has 0 aliphatic carbocycles. The average Bonchev–Trinajstić information content (AvgIpc) is 2.96. The molecule has 2 aromatic rings. The largest absolute Gasteiger partial charge is 0.328 e. The monoisotopic (exact) mass is 236 g/mol. The van der Waals surface area contributed by atoms with Gasteiger partial charge in [0, 0.05) is 30.9 Å². The number of imidazole rings is 1. The van der Waals surface area contributed by atoms with Crippen molar-refractivity contribution in [2.24, 2.45) is 5.73 Å². The molecular formula is C10H12N4OS. The molecule has 0 aromatic carbocycles. The normalized spacial score (nSPS) is 10.6. The molecule has 0 saturated heterocycles. The summed E-state index contributed by atoms with van der Waals surface area (Å²) in [5, 5.41) is 2.48. The summed E-state index contributed by atoms with van der Waals surface area (Å²) >= 11 is 1.39. The maximum absolute atomic E-state index is 12.0. The number of aryl methyl sites for hydroxylation is 1. The number of hydrogen-bond acceptors (Lipinski definition) is 5. The van der Waals surface area contributed by atoms with E-state index in [1.165, 1.54) is 11.3 Å². The molecule has 5 nitrogen and oxygen atoms in total. The number of nitrogens with zero attached hydrogens (tertiary/aromatic N) is 3. The SMILES string of the molecule is CCn1ccnc1C(=O)c1csc(CN)n1. The Kier molecular flexibility index (Phi) is 3.12. The van der Waals surface area contributed by atoms with E-state index in [1.807, 2.05) is 6.92 Å². The molecule has 84 valence electrons. The first kappa shape index (κ1) is 11.0. The minimum absolute atomic E-state index is 0.150. The minimum Gasteiger partial charge on any atom is -0.328 e. The van der Waals surface area contributed by atoms with Crippen LogP contribution < -0.4 is 5.73 Å². The van der Waals surface area contributed by atoms with Crippen LogP contribution in [0.15, 0.2) is 17.8 Å². The van der Waals surface area contributed by atoms with Crippen LogP contribution in [-0.4, -0.2) is 20.3 Å². The highest BCUT2D eigenvalue weighted by Crippen LogP contribution is 2.12. The molecule has 0 spiro atoms. The van der Waals surface area contributed by atoms with E-state index >= 15 is 0 Å². The quantitative estimate of drug-likeness (QED) is 0.805. The number of carbonyl (C=O) groups is 1. The van der Waals surface area contributed by atoms with Crippen molar-refractivity contribution in [2.75, 3.05) is 0 Å². The number of carbonyl (C=O) groups excluding carboxylic acids is 1. The second kappa shape index (κ2) is 4.54. The molecule has 0 fully saturated rings. The highest BCUT2D eigenvalue weighted by atomic mass is 32.1. The topological polar surface area (TPSA) is 73.8 Å². The Morgan fingerprint density at radius 2 is 2.44 bits per heavy atom. The summed E-state index contributed by atoms with van der Waals surface area (Å²) in [5.74, 6) is 0.277. The lowest BCUT2D eigenvalue weighted by atomic mass is 10.3. The number of thiazole rings is 1. The van der Waals surface area contributed by atoms with E-state index in [4.69, 9.17) is 5.73 Å². The summed E-state index contributed by atoms with van der Waals surface area (Å²) in [4.78, 5) is 20.2. The van der Waals surface area contributed by atoms with Crippen LogP contribution in [0.25, 0.3) is 0 Å². The number of nitrogens with two attached hydrogens (primary N) is 1. The standard InChI is InChI=1S/C10H12N4OS/c1-2-14-4-3-12-10(14)9(15)7-6-16-8(5-11)13-7/h3-4,6H,2,5,11H2,1H3. The van der Waals surface area contributed by atoms with Crippen LogP contribution in [0, 0.1) is 0 Å². The molecule has 16 heavy (non-hydrogen) atoms. The van der Waals surface area contributed by atoms with E-state index in [-0.39, 0.29) is 5.78 Å². The molecule has 0 aliphatic heterocycles. The van der Waals surface area contributed by atoms with Gasteiger partial charge >= 0.3 is 0 Å². The van der Waals surface area contributed by atoms with Gasteiger partial charge < -0.3 is 10.3 Å². The fourth-order valence-electron chi connectivity index (χ4n) is 1.40. The Balaban J connectivity index is 2.31. The lowest BCUT2D eigenvalue weighted by molar-refractivity contribution is 0.102. The highest BCUT2D eigenvalue weighted by Gasteiger charge is 2.17. The van der Waals surface area contributed by atoms with Gasteiger partial charge in [-0.15, -0.1) is 11.3 Å². The molecule has 6 heteroatoms. The maximum Gasteiger partial charge on any atom is 0.247 e. The van der Waals surface area contributed by atoms with Crippen molar-refractivity contribution in [1.29, 1.82) is 0 Å². The van der Waals surface area contributed by atoms with E-state index in [2.05, 4.69) is 9.97 Å². The molecule has 2 aromatic heterocycles. The Morgan fingerprint density at radius 3 is 3.06 bits per heavy atom. The molecule has 0 bridgehead atoms. The first-order valence-corrected chi connectivity index (χ1v) is 5.84. The Morgan fingerprint density at radius 1 is 1.62 bits per heavy atom. The van der Waals surface area contributed by atoms with Gasteiger partial charge in [0.2, 0.25) is 5.78 Å². The predicted octanol–water partition coefficient (Wildman–Crippen LogP) is 1.05. The van der Waals surface area contributed by atoms with E-state index in [1.54, 1.807) is 22.3 Å². The van der Waals surface area contributed by atoms with Gasteiger partial charge in [-0.2, -0.15) is 0 Å². The Bertz CT molecular complexity index is 502. The van der Waals surface area contributed by atoms with E-state index in [0.29, 0.717) is 18.1 Å². The predicted molar refractivity (Wildman–Crippen MR) is 61.3 cm³/mol. The van der Waals surface area contributed by atoms with Crippen molar-refractivity contribution in [3.8, 4) is 0 Å². The van der Waals surface area contributed by atoms with E-state index in [9.17, 15) is 4.79 Å². The van der Waals surface area contributed by atoms with Gasteiger partial charge in [-0.25, -0.2) is 9.97 Å². The van der Waals surface area contributed by atoms with E-state index < -0.39 is 0 Å². The highest BCUT2D eigenvalue weighted by molar-refractivity contribution is 7.09. The van der Waals surface area contributed by atoms with Crippen molar-refractivity contribution < 1.29 is 4.79 Å². The van der Waals surface area contributed by atoms with Crippen LogP contribution in [0.2, 0.25) is 0 Å². The summed E-state index contributed by atoms with van der Waals surface area (Å²) in [6.45, 7) is 3.04. The molecule has 2 heterocycles. The molecule has 0 amide bonds. The van der Waals surface area contributed by atoms with Gasteiger partial charge in [-0.3, -0.25) is 4.79 Å². The third-order valence-electron chi connectivity index (χ3n) is 2.22. The number of hydrogen-bond donors (Lipinski definition) is 1. The van der Waals surface area contributed by atoms with Crippen LogP contribution in [0.1, 0.15) is 28.2 Å². The van der Waals surface area contributed by atoms with Crippen molar-refractivity contribution >= 4 is 17.1 Å². The summed E-state index contributed by atoms with van der Waals surface area (Å²) in [7, 11) is 0. The maximum atomic E-state index is 12.0. The third-order valence-corrected chi connectivity index (χ3v) is 3.09. The van der Waals surface area contributed by atoms with Crippen molar-refractivity contribution in [2.45, 2.75) is 20.0 Å². The lowest BCUT2D eigenvalue weighted by Crippen LogP contribution is -2.11. The van der Waals surface area contributed by atoms with Crippen LogP contribution in [0.4, 0.5) is 0 Å². The van der Waals surface area contributed by atoms with Crippen molar-refractivity contribution in [3.63, 3.8) is 0 Å². The van der Waals surface area contributed by atoms with Crippen LogP contribution >= 0.6 is 11.3 Å². The molecule has 2 rings (SSSR count). The third kappa shape index (κ3) is 1.89. The Labute approximate surface area is 96.9 Å². The second-order valence-corrected chi connectivity index (χ2v) is 4.14. The zero-order valence-electron chi connectivity index (χ0n) is 8.88. The zero-order valence-corrected chi connectivity index (χ0v) is 9.70. The molecular weight excluding hydrogens is 224 g/mol. The lowest BCUT2D eigenvalue weighted by Gasteiger charge is -2.00. The first-order valence-electron chi connectivity index (χ1n) is 4.96. The first-order chi connectivity index (χ1) is 7.76. The molecule has 0 saturated carbocycles. The average molecular weight is 236 g/mol. The summed E-state index contributed by atoms with van der Waals surface area (Å²) in [6, 6.07) is 0. The molecule has 2 N–H and O–H groups in total. The molecule has 0 aliphatic rings. The number of ketones is 1. The van der Waals surface area contributed by atoms with Gasteiger partial charge in [0.1, 0.15) is 10.7 Å². The summed E-state index contributed by atoms with van der Waals surface area (Å²) < 4.78 is 1.80. The fraction of sp³-hybridized carbons (Fsp3) is 0.300. The smallest absolute Gasteiger partial charge is 0.247 e. The van der Waals surface area contributed by atoms with E-state index in [0.717, 1.165) is 11.6 Å². The molecule has 0 unspecified atom stereocenters. The fourth-order valence-corrected chi connectivity index (χ4v) is 2.05. The van der Waals surface area contributed by atoms with Crippen molar-refractivity contribution in [1.82, 2.24) is 14.5 Å². The molecule has 0 atom stereocenters. The van der Waals surface area contributed by atoms with Crippen LogP contribution in [0.3, 0.4) is 0 Å². The summed E-state index contributed by atoms with van der Waals surface area (Å²) in [6.07, 6.45) is 3.40. The number of aromatic nitrogens is 3. The van der Waals surface area contributed by atoms with Gasteiger partial charge in [-0.05, 0) is 6.92 Å². The minimum atomic E-state index is -0.150. The zero-order chi connectivity index (χ0) is 11.5. The summed E-state index contributed by atoms with van der Waals surface area (Å²) in [5.41, 5.74) is 5.88.